The maximum absolute atomic E-state index is 13.4. The van der Waals surface area contributed by atoms with Crippen molar-refractivity contribution in [2.24, 2.45) is 10.8 Å². The summed E-state index contributed by atoms with van der Waals surface area (Å²) < 4.78 is 65.9. The van der Waals surface area contributed by atoms with Crippen molar-refractivity contribution in [2.45, 2.75) is 80.7 Å². The van der Waals surface area contributed by atoms with Crippen molar-refractivity contribution in [1.82, 2.24) is 39.0 Å². The number of ether oxygens (including phenoxy) is 4. The van der Waals surface area contributed by atoms with Crippen molar-refractivity contribution >= 4 is 72.7 Å². The Kier molecular flexibility index (Phi) is 19.6. The lowest BCUT2D eigenvalue weighted by molar-refractivity contribution is -0.160. The molecule has 0 amide bonds. The summed E-state index contributed by atoms with van der Waals surface area (Å²) in [5.74, 6) is 0.484. The molecule has 67 heavy (non-hydrogen) atoms. The summed E-state index contributed by atoms with van der Waals surface area (Å²) in [4.78, 5) is 57.2. The summed E-state index contributed by atoms with van der Waals surface area (Å²) in [5, 5.41) is 0. The molecular weight excluding hydrogens is 934 g/mol. The van der Waals surface area contributed by atoms with E-state index in [0.29, 0.717) is 52.7 Å². The van der Waals surface area contributed by atoms with E-state index < -0.39 is 51.2 Å². The highest BCUT2D eigenvalue weighted by Crippen LogP contribution is 2.48. The van der Waals surface area contributed by atoms with Gasteiger partial charge in [-0.25, -0.2) is 39.0 Å². The molecule has 5 N–H and O–H groups in total. The van der Waals surface area contributed by atoms with Crippen molar-refractivity contribution < 1.29 is 56.1 Å². The van der Waals surface area contributed by atoms with Crippen LogP contribution < -0.4 is 20.5 Å². The molecule has 6 aromatic rings. The van der Waals surface area contributed by atoms with Gasteiger partial charge in [0.25, 0.3) is 0 Å². The summed E-state index contributed by atoms with van der Waals surface area (Å²) >= 11 is 5.16. The predicted molar refractivity (Wildman–Crippen MR) is 250 cm³/mol. The minimum atomic E-state index is -3.91. The Labute approximate surface area is 392 Å². The first kappa shape index (κ1) is 53.9. The Morgan fingerprint density at radius 3 is 1.54 bits per heavy atom. The molecular formula is C42H57ClN10O12P2. The minimum absolute atomic E-state index is 0.0594. The van der Waals surface area contributed by atoms with Crippen LogP contribution >= 0.6 is 26.8 Å². The third kappa shape index (κ3) is 17.5. The van der Waals surface area contributed by atoms with Gasteiger partial charge in [0.2, 0.25) is 6.79 Å². The second kappa shape index (κ2) is 24.3. The van der Waals surface area contributed by atoms with Gasteiger partial charge in [-0.3, -0.25) is 14.1 Å². The number of rotatable bonds is 18. The zero-order valence-electron chi connectivity index (χ0n) is 38.4. The van der Waals surface area contributed by atoms with Crippen LogP contribution in [0.1, 0.15) is 55.4 Å². The number of nitrogens with zero attached hydrogens (tertiary/aromatic N) is 8. The summed E-state index contributed by atoms with van der Waals surface area (Å²) in [7, 11) is -7.73. The molecule has 6 rings (SSSR count). The van der Waals surface area contributed by atoms with Gasteiger partial charge in [-0.05, 0) is 79.7 Å². The lowest BCUT2D eigenvalue weighted by Gasteiger charge is -2.22. The van der Waals surface area contributed by atoms with Crippen LogP contribution in [0, 0.1) is 10.8 Å². The molecule has 0 radical (unpaired) electrons. The van der Waals surface area contributed by atoms with Crippen molar-refractivity contribution in [3.05, 3.63) is 86.0 Å². The standard InChI is InChI=1S/C21H28N5O6P.C15H18N5O4P.C6H11ClO2/c1-15(10-26-12-25-17-18(22)23-11-24-19(17)26)30-14-33(28,32-16-8-6-5-7-9-16)31-13-29-20(27)21(2,3)4;1-11(7-20-9-19-13-14(16)17-8-18-15(13)20)23-10-25(21,22)24-12-5-3-2-4-6-12;1-6(2,3)5(8)9-4-7/h5-9,11-12,15H,10,13-14H2,1-4H3,(H2,22,23,24);2-6,8-9,11H,7,10H2,1H3,(H,21,22)(H2,16,17,18);4H2,1-3H3. The Bertz CT molecular complexity index is 2610. The minimum Gasteiger partial charge on any atom is -0.449 e. The molecule has 0 saturated carbocycles. The van der Waals surface area contributed by atoms with Gasteiger partial charge >= 0.3 is 27.1 Å². The summed E-state index contributed by atoms with van der Waals surface area (Å²) in [6.07, 6.45) is 4.31. The summed E-state index contributed by atoms with van der Waals surface area (Å²) in [6.45, 7) is 14.2. The van der Waals surface area contributed by atoms with E-state index in [-0.39, 0.29) is 30.3 Å². The van der Waals surface area contributed by atoms with E-state index in [1.807, 2.05) is 0 Å². The van der Waals surface area contributed by atoms with Gasteiger partial charge in [0, 0.05) is 0 Å². The highest BCUT2D eigenvalue weighted by molar-refractivity contribution is 7.54. The maximum atomic E-state index is 13.4. The number of carbonyl (C=O) groups is 2. The molecule has 0 aliphatic rings. The number of hydrogen-bond donors (Lipinski definition) is 3. The zero-order valence-corrected chi connectivity index (χ0v) is 41.0. The number of fused-ring (bicyclic) bond motifs is 2. The van der Waals surface area contributed by atoms with Gasteiger partial charge < -0.3 is 53.5 Å². The van der Waals surface area contributed by atoms with E-state index in [1.165, 1.54) is 12.7 Å². The number of carbonyl (C=O) groups excluding carboxylic acids is 2. The zero-order chi connectivity index (χ0) is 49.4. The van der Waals surface area contributed by atoms with Crippen LogP contribution in [0.3, 0.4) is 0 Å². The molecule has 4 unspecified atom stereocenters. The number of nitrogens with two attached hydrogens (primary N) is 2. The van der Waals surface area contributed by atoms with Crippen molar-refractivity contribution in [3.8, 4) is 11.5 Å². The number of benzene rings is 2. The Hall–Kier alpha value is -5.73. The third-order valence-corrected chi connectivity index (χ3v) is 11.2. The van der Waals surface area contributed by atoms with Gasteiger partial charge in [0.15, 0.2) is 41.7 Å². The molecule has 2 aromatic carbocycles. The van der Waals surface area contributed by atoms with Gasteiger partial charge in [-0.2, -0.15) is 0 Å². The van der Waals surface area contributed by atoms with Crippen LogP contribution in [0.2, 0.25) is 0 Å². The summed E-state index contributed by atoms with van der Waals surface area (Å²) in [6, 6.07) is 16.9. The lowest BCUT2D eigenvalue weighted by atomic mass is 9.98. The molecule has 364 valence electrons. The summed E-state index contributed by atoms with van der Waals surface area (Å²) in [5.41, 5.74) is 12.5. The number of alkyl halides is 1. The number of imidazole rings is 2. The number of anilines is 2. The molecule has 0 bridgehead atoms. The van der Waals surface area contributed by atoms with E-state index in [9.17, 15) is 23.6 Å². The van der Waals surface area contributed by atoms with E-state index in [0.717, 1.165) is 0 Å². The Morgan fingerprint density at radius 2 is 1.10 bits per heavy atom. The Morgan fingerprint density at radius 1 is 0.672 bits per heavy atom. The number of halogens is 1. The fourth-order valence-corrected chi connectivity index (χ4v) is 7.53. The quantitative estimate of drug-likeness (QED) is 0.0327. The van der Waals surface area contributed by atoms with E-state index in [4.69, 9.17) is 50.9 Å². The van der Waals surface area contributed by atoms with E-state index >= 15 is 0 Å². The average Bonchev–Trinajstić information content (AvgIpc) is 3.88. The molecule has 0 aliphatic carbocycles. The second-order valence-corrected chi connectivity index (χ2v) is 20.5. The lowest BCUT2D eigenvalue weighted by Crippen LogP contribution is -2.24. The Balaban J connectivity index is 0.000000253. The van der Waals surface area contributed by atoms with Gasteiger partial charge in [-0.15, -0.1) is 0 Å². The fraction of sp³-hybridized carbons (Fsp3) is 0.429. The van der Waals surface area contributed by atoms with Gasteiger partial charge in [0.1, 0.15) is 35.2 Å². The number of nitrogen functional groups attached to an aromatic ring is 2. The van der Waals surface area contributed by atoms with Crippen LogP contribution in [0.5, 0.6) is 11.5 Å². The average molecular weight is 991 g/mol. The maximum Gasteiger partial charge on any atom is 0.407 e. The molecule has 0 fully saturated rings. The molecule has 0 saturated heterocycles. The van der Waals surface area contributed by atoms with Crippen LogP contribution in [-0.2, 0) is 55.3 Å². The number of hydrogen-bond acceptors (Lipinski definition) is 19. The predicted octanol–water partition coefficient (Wildman–Crippen LogP) is 7.41. The first-order chi connectivity index (χ1) is 31.5. The molecule has 0 aliphatic heterocycles. The molecule has 25 heteroatoms. The number of esters is 2. The van der Waals surface area contributed by atoms with Crippen LogP contribution in [0.4, 0.5) is 11.6 Å². The first-order valence-corrected chi connectivity index (χ1v) is 24.5. The SMILES string of the molecule is CC(C)(C)C(=O)OCCl.CC(Cn1cnc2c(N)ncnc21)OCP(=O)(O)Oc1ccccc1.CC(Cn1cnc2c(N)ncnc21)OCP(=O)(OCOC(=O)C(C)(C)C)Oc1ccccc1. The monoisotopic (exact) mass is 990 g/mol. The first-order valence-electron chi connectivity index (χ1n) is 20.5. The van der Waals surface area contributed by atoms with Crippen LogP contribution in [0.15, 0.2) is 86.0 Å². The third-order valence-electron chi connectivity index (χ3n) is 8.63. The van der Waals surface area contributed by atoms with Crippen LogP contribution in [-0.4, -0.2) is 93.6 Å². The van der Waals surface area contributed by atoms with E-state index in [2.05, 4.69) is 34.6 Å². The molecule has 22 nitrogen and oxygen atoms in total. The van der Waals surface area contributed by atoms with Crippen molar-refractivity contribution in [1.29, 1.82) is 0 Å². The van der Waals surface area contributed by atoms with Crippen molar-refractivity contribution in [2.75, 3.05) is 37.0 Å². The topological polar surface area (TPSA) is 292 Å². The van der Waals surface area contributed by atoms with Crippen LogP contribution in [0.25, 0.3) is 22.3 Å². The second-order valence-electron chi connectivity index (χ2n) is 16.6. The molecule has 4 aromatic heterocycles. The highest BCUT2D eigenvalue weighted by Gasteiger charge is 2.31. The molecule has 4 heterocycles. The van der Waals surface area contributed by atoms with E-state index in [1.54, 1.807) is 138 Å². The van der Waals surface area contributed by atoms with Gasteiger partial charge in [-0.1, -0.05) is 48.0 Å². The van der Waals surface area contributed by atoms with Gasteiger partial charge in [0.05, 0.1) is 48.8 Å². The van der Waals surface area contributed by atoms with Crippen molar-refractivity contribution in [3.63, 3.8) is 0 Å². The molecule has 0 spiro atoms. The molecule has 4 atom stereocenters. The number of aromatic nitrogens is 8. The largest absolute Gasteiger partial charge is 0.449 e. The smallest absolute Gasteiger partial charge is 0.407 e. The number of para-hydroxylation sites is 2. The highest BCUT2D eigenvalue weighted by atomic mass is 35.5. The normalized spacial score (nSPS) is 14.2. The fourth-order valence-electron chi connectivity index (χ4n) is 5.21.